The average Bonchev–Trinajstić information content (AvgIpc) is 0.938. The second kappa shape index (κ2) is 44.6. The van der Waals surface area contributed by atoms with Crippen molar-refractivity contribution in [3.05, 3.63) is 328 Å². The van der Waals surface area contributed by atoms with Gasteiger partial charge in [-0.1, -0.05) is 124 Å². The molecule has 0 bridgehead atoms. The molecule has 34 heteroatoms. The predicted molar refractivity (Wildman–Crippen MR) is 494 cm³/mol. The number of alkyl halides is 3. The average molecular weight is 1860 g/mol. The Labute approximate surface area is 763 Å². The molecule has 8 heterocycles. The van der Waals surface area contributed by atoms with E-state index in [9.17, 15) is 46.7 Å². The number of anilines is 5. The van der Waals surface area contributed by atoms with Crippen LogP contribution in [-0.2, 0) is 0 Å². The molecule has 15 rings (SSSR count). The zero-order chi connectivity index (χ0) is 89.4. The van der Waals surface area contributed by atoms with Gasteiger partial charge in [0.1, 0.15) is 17.5 Å². The molecule has 0 radical (unpaired) electrons. The number of hydrogen-bond donors (Lipinski definition) is 7. The van der Waals surface area contributed by atoms with E-state index < -0.39 is 24.5 Å². The summed E-state index contributed by atoms with van der Waals surface area (Å²) >= 11 is 50.3. The molecule has 0 saturated carbocycles. The number of piperazine rings is 2. The van der Waals surface area contributed by atoms with Crippen LogP contribution in [0.5, 0.6) is 0 Å². The van der Waals surface area contributed by atoms with Gasteiger partial charge in [-0.15, -0.1) is 0 Å². The molecular weight excluding hydrogens is 1780 g/mol. The van der Waals surface area contributed by atoms with Crippen LogP contribution in [0.15, 0.2) is 254 Å². The lowest BCUT2D eigenvalue weighted by molar-refractivity contribution is -0.123. The van der Waals surface area contributed by atoms with Crippen molar-refractivity contribution in [3.63, 3.8) is 0 Å². The molecule has 0 aliphatic carbocycles. The van der Waals surface area contributed by atoms with Gasteiger partial charge in [-0.2, -0.15) is 13.2 Å². The lowest BCUT2D eigenvalue weighted by Gasteiger charge is -2.34. The Morgan fingerprint density at radius 2 is 0.786 bits per heavy atom. The minimum absolute atomic E-state index is 0.0448. The number of amides is 7. The molecule has 3 aliphatic heterocycles. The van der Waals surface area contributed by atoms with Gasteiger partial charge in [0.2, 0.25) is 0 Å². The van der Waals surface area contributed by atoms with Gasteiger partial charge in [-0.05, 0) is 207 Å². The molecule has 0 spiro atoms. The number of nitrogens with one attached hydrogen (secondary N) is 7. The summed E-state index contributed by atoms with van der Waals surface area (Å²) in [7, 11) is 0. The van der Waals surface area contributed by atoms with Crippen LogP contribution < -0.4 is 37.2 Å². The minimum atomic E-state index is -4.54. The molecule has 2 fully saturated rings. The number of nitrogens with zero attached hydrogens (tertiary/aromatic N) is 9. The van der Waals surface area contributed by atoms with Gasteiger partial charge in [0.25, 0.3) is 41.4 Å². The van der Waals surface area contributed by atoms with Crippen molar-refractivity contribution in [2.45, 2.75) is 25.9 Å². The molecular formula is C92H77Cl8F3N16O7. The van der Waals surface area contributed by atoms with Crippen LogP contribution in [0, 0.1) is 0 Å². The topological polar surface area (TPSA) is 290 Å². The minimum Gasteiger partial charge on any atom is -0.370 e. The van der Waals surface area contributed by atoms with E-state index >= 15 is 0 Å². The molecule has 2 saturated heterocycles. The van der Waals surface area contributed by atoms with Gasteiger partial charge >= 0.3 is 6.18 Å². The summed E-state index contributed by atoms with van der Waals surface area (Å²) in [4.78, 5) is 120. The van der Waals surface area contributed by atoms with E-state index in [2.05, 4.69) is 73.6 Å². The zero-order valence-electron chi connectivity index (χ0n) is 66.9. The van der Waals surface area contributed by atoms with E-state index in [1.165, 1.54) is 17.7 Å². The Morgan fingerprint density at radius 1 is 0.413 bits per heavy atom. The number of likely N-dealkylation sites (N-methyl/N-ethyl adjacent to an activating group) is 1. The first-order valence-corrected chi connectivity index (χ1v) is 42.2. The van der Waals surface area contributed by atoms with Crippen molar-refractivity contribution < 1.29 is 46.7 Å². The Hall–Kier alpha value is -12.2. The fourth-order valence-electron chi connectivity index (χ4n) is 13.0. The number of aromatic nitrogens is 5. The highest BCUT2D eigenvalue weighted by atomic mass is 35.5. The van der Waals surface area contributed by atoms with E-state index in [1.54, 1.807) is 175 Å². The molecule has 5 aromatic heterocycles. The van der Waals surface area contributed by atoms with Crippen LogP contribution in [0.4, 0.5) is 41.7 Å². The van der Waals surface area contributed by atoms with Crippen LogP contribution >= 0.6 is 92.8 Å². The number of rotatable bonds is 21. The summed E-state index contributed by atoms with van der Waals surface area (Å²) < 4.78 is 36.7. The third kappa shape index (κ3) is 25.8. The molecule has 7 amide bonds. The number of aliphatic imine (C=N–C) groups is 1. The van der Waals surface area contributed by atoms with Crippen molar-refractivity contribution in [1.29, 1.82) is 0 Å². The third-order valence-electron chi connectivity index (χ3n) is 19.6. The highest BCUT2D eigenvalue weighted by molar-refractivity contribution is 6.38. The Kier molecular flexibility index (Phi) is 32.9. The van der Waals surface area contributed by atoms with Gasteiger partial charge < -0.3 is 51.9 Å². The number of carbonyl (C=O) groups excluding carboxylic acids is 7. The first-order valence-electron chi connectivity index (χ1n) is 39.2. The predicted octanol–water partition coefficient (Wildman–Crippen LogP) is 20.9. The van der Waals surface area contributed by atoms with Crippen LogP contribution in [0.3, 0.4) is 0 Å². The molecule has 12 aromatic rings. The summed E-state index contributed by atoms with van der Waals surface area (Å²) in [6.45, 7) is 8.25. The van der Waals surface area contributed by atoms with Gasteiger partial charge in [-0.3, -0.25) is 58.5 Å². The maximum Gasteiger partial charge on any atom is 0.405 e. The lowest BCUT2D eigenvalue weighted by Crippen LogP contribution is -2.48. The molecule has 0 unspecified atom stereocenters. The lowest BCUT2D eigenvalue weighted by atomic mass is 10.1. The van der Waals surface area contributed by atoms with Crippen molar-refractivity contribution in [2.24, 2.45) is 4.99 Å². The molecule has 0 atom stereocenters. The summed E-state index contributed by atoms with van der Waals surface area (Å²) in [5.41, 5.74) is 10.7. The maximum absolute atomic E-state index is 12.9. The fourth-order valence-corrected chi connectivity index (χ4v) is 14.9. The van der Waals surface area contributed by atoms with Crippen LogP contribution in [0.2, 0.25) is 40.3 Å². The van der Waals surface area contributed by atoms with Crippen molar-refractivity contribution in [3.8, 4) is 45.0 Å². The van der Waals surface area contributed by atoms with Gasteiger partial charge in [0, 0.05) is 164 Å². The van der Waals surface area contributed by atoms with Crippen LogP contribution in [0.25, 0.3) is 45.0 Å². The summed E-state index contributed by atoms with van der Waals surface area (Å²) in [6, 6.07) is 59.0. The molecule has 126 heavy (non-hydrogen) atoms. The monoisotopic (exact) mass is 1850 g/mol. The largest absolute Gasteiger partial charge is 0.405 e. The normalized spacial score (nSPS) is 12.9. The fraction of sp³-hybridized carbons (Fsp3) is 0.163. The number of halogens is 11. The van der Waals surface area contributed by atoms with Crippen LogP contribution in [-0.4, -0.2) is 165 Å². The SMILES string of the molecule is CCN1CCN(C(=O)c2ccc(C(=O)Nc3ccc(Cl)c(-c4ccccn4)c3)c(Cl)c2)CC1.O=C(NCC(F)(F)F)c1ccc(C(=O)Nc2ccc(Cl)c(-c3ccccn3)c2)c(Cl)c1.O=C(Nc1ccc(Cl)c(-c2ccccn2)c1)c1ccc(C(=O)N2CCNCC2)cc1Cl.O=C(Nc1ccc(Cl)c(-c2ccccn2)c1)c1ccc(NCCC2=CN=CC2)nc1Cl. The maximum atomic E-state index is 12.9. The third-order valence-corrected chi connectivity index (χ3v) is 22.1. The number of pyridine rings is 5. The Balaban J connectivity index is 0.000000153. The van der Waals surface area contributed by atoms with E-state index in [0.717, 1.165) is 62.9 Å². The molecule has 7 aromatic carbocycles. The number of benzene rings is 7. The van der Waals surface area contributed by atoms with E-state index in [-0.39, 0.29) is 72.0 Å². The quantitative estimate of drug-likeness (QED) is 0.0329. The highest BCUT2D eigenvalue weighted by Crippen LogP contribution is 2.36. The molecule has 7 N–H and O–H groups in total. The van der Waals surface area contributed by atoms with E-state index in [1.807, 2.05) is 71.9 Å². The second-order valence-electron chi connectivity index (χ2n) is 28.1. The first-order chi connectivity index (χ1) is 60.7. The van der Waals surface area contributed by atoms with Crippen molar-refractivity contribution in [1.82, 2.24) is 50.3 Å². The summed E-state index contributed by atoms with van der Waals surface area (Å²) in [6.07, 6.45) is 7.66. The van der Waals surface area contributed by atoms with Gasteiger partial charge in [0.05, 0.1) is 80.2 Å². The Morgan fingerprint density at radius 3 is 1.13 bits per heavy atom. The molecule has 23 nitrogen and oxygen atoms in total. The van der Waals surface area contributed by atoms with Crippen LogP contribution in [0.1, 0.15) is 92.3 Å². The number of carbonyl (C=O) groups is 7. The second-order valence-corrected chi connectivity index (χ2v) is 31.3. The Bertz CT molecular complexity index is 6020. The van der Waals surface area contributed by atoms with Crippen molar-refractivity contribution >= 4 is 169 Å². The smallest absolute Gasteiger partial charge is 0.370 e. The van der Waals surface area contributed by atoms with E-state index in [0.29, 0.717) is 132 Å². The summed E-state index contributed by atoms with van der Waals surface area (Å²) in [5, 5.41) is 21.9. The molecule has 3 aliphatic rings. The standard InChI is InChI=1S/C25H24Cl2N4O2.C23H19Cl2N5O.C23H20Cl2N4O2.C21H14Cl2F3N3O2/c1-2-30-11-13-31(14-12-30)25(33)17-6-8-19(22(27)15-17)24(32)29-18-7-9-21(26)20(16-18)23-5-3-4-10-28-23;24-19-6-4-16(13-18(19)20-3-1-2-10-27-20)29-23(31)17-5-7-21(30-22(17)25)28-12-9-15-8-11-26-14-15;24-19-7-5-16(14-18(19)21-3-1-2-8-27-21)28-22(30)17-6-4-15(13-20(17)25)23(31)29-11-9-26-10-12-29;22-16-7-5-13(10-15(16)18-3-1-2-8-27-18)29-20(31)14-6-4-12(9-17(14)23)19(30)28-11-21(24,25)26/h3-10,15-16H,2,11-14H2,1H3,(H,29,32);1-7,10-11,13-14H,8-9,12H2,(H,28,30)(H,29,31);1-8,13-14,26H,9-12H2,(H,28,30);1-10H,11H2,(H,28,30)(H,29,31). The van der Waals surface area contributed by atoms with Crippen molar-refractivity contribution in [2.75, 3.05) is 98.6 Å². The zero-order valence-corrected chi connectivity index (χ0v) is 73.0. The number of hydrogen-bond acceptors (Lipinski definition) is 16. The first kappa shape index (κ1) is 93.0. The summed E-state index contributed by atoms with van der Waals surface area (Å²) in [5.74, 6) is -2.17. The van der Waals surface area contributed by atoms with Gasteiger partial charge in [-0.25, -0.2) is 4.98 Å². The van der Waals surface area contributed by atoms with Gasteiger partial charge in [0.15, 0.2) is 0 Å². The molecule has 644 valence electrons. The van der Waals surface area contributed by atoms with E-state index in [4.69, 9.17) is 92.8 Å². The highest BCUT2D eigenvalue weighted by Gasteiger charge is 2.30.